The monoisotopic (exact) mass is 255 g/mol. The maximum atomic E-state index is 13.1. The van der Waals surface area contributed by atoms with Crippen molar-refractivity contribution >= 4 is 0 Å². The Kier molecular flexibility index (Phi) is 2.66. The van der Waals surface area contributed by atoms with Crippen molar-refractivity contribution in [2.24, 2.45) is 5.92 Å². The minimum absolute atomic E-state index is 0.435. The SMILES string of the molecule is FC(F)(F)c1ccccc1C12CCC(CCN1)C2. The molecule has 1 nitrogen and oxygen atoms in total. The second-order valence-corrected chi connectivity index (χ2v) is 5.45. The van der Waals surface area contributed by atoms with Crippen LogP contribution in [0.1, 0.15) is 36.8 Å². The molecule has 3 rings (SSSR count). The fourth-order valence-electron chi connectivity index (χ4n) is 3.56. The average molecular weight is 255 g/mol. The van der Waals surface area contributed by atoms with Crippen LogP contribution in [-0.4, -0.2) is 6.54 Å². The molecule has 2 bridgehead atoms. The highest BCUT2D eigenvalue weighted by molar-refractivity contribution is 5.37. The molecule has 1 aromatic carbocycles. The molecule has 1 saturated heterocycles. The Hall–Kier alpha value is -1.03. The summed E-state index contributed by atoms with van der Waals surface area (Å²) in [4.78, 5) is 0. The van der Waals surface area contributed by atoms with E-state index in [0.29, 0.717) is 11.5 Å². The Bertz CT molecular complexity index is 451. The molecule has 1 aliphatic heterocycles. The van der Waals surface area contributed by atoms with Gasteiger partial charge in [-0.25, -0.2) is 0 Å². The number of fused-ring (bicyclic) bond motifs is 2. The Balaban J connectivity index is 2.07. The molecule has 0 radical (unpaired) electrons. The minimum Gasteiger partial charge on any atom is -0.307 e. The van der Waals surface area contributed by atoms with E-state index in [9.17, 15) is 13.2 Å². The summed E-state index contributed by atoms with van der Waals surface area (Å²) in [5, 5.41) is 3.35. The second-order valence-electron chi connectivity index (χ2n) is 5.45. The third kappa shape index (κ3) is 1.83. The minimum atomic E-state index is -4.26. The van der Waals surface area contributed by atoms with Crippen LogP contribution in [-0.2, 0) is 11.7 Å². The Labute approximate surface area is 104 Å². The highest BCUT2D eigenvalue weighted by Crippen LogP contribution is 2.49. The normalized spacial score (nSPS) is 31.6. The van der Waals surface area contributed by atoms with E-state index in [4.69, 9.17) is 0 Å². The summed E-state index contributed by atoms with van der Waals surface area (Å²) in [6, 6.07) is 6.03. The van der Waals surface area contributed by atoms with Gasteiger partial charge in [0.25, 0.3) is 0 Å². The fourth-order valence-corrected chi connectivity index (χ4v) is 3.56. The molecule has 1 aromatic rings. The maximum absolute atomic E-state index is 13.1. The first-order valence-electron chi connectivity index (χ1n) is 6.43. The number of alkyl halides is 3. The number of hydrogen-bond acceptors (Lipinski definition) is 1. The highest BCUT2D eigenvalue weighted by Gasteiger charge is 2.47. The zero-order valence-electron chi connectivity index (χ0n) is 10.1. The number of hydrogen-bond donors (Lipinski definition) is 1. The van der Waals surface area contributed by atoms with E-state index in [0.717, 1.165) is 32.2 Å². The maximum Gasteiger partial charge on any atom is 0.416 e. The van der Waals surface area contributed by atoms with Crippen molar-refractivity contribution in [1.29, 1.82) is 0 Å². The van der Waals surface area contributed by atoms with Gasteiger partial charge in [-0.3, -0.25) is 0 Å². The Morgan fingerprint density at radius 2 is 1.94 bits per heavy atom. The zero-order valence-corrected chi connectivity index (χ0v) is 10.1. The van der Waals surface area contributed by atoms with E-state index in [-0.39, 0.29) is 0 Å². The van der Waals surface area contributed by atoms with Gasteiger partial charge in [-0.05, 0) is 49.8 Å². The molecule has 0 aromatic heterocycles. The summed E-state index contributed by atoms with van der Waals surface area (Å²) in [5.41, 5.74) is -0.463. The van der Waals surface area contributed by atoms with Crippen molar-refractivity contribution in [1.82, 2.24) is 5.32 Å². The van der Waals surface area contributed by atoms with Crippen molar-refractivity contribution in [2.45, 2.75) is 37.4 Å². The van der Waals surface area contributed by atoms with Gasteiger partial charge in [0.2, 0.25) is 0 Å². The highest BCUT2D eigenvalue weighted by atomic mass is 19.4. The van der Waals surface area contributed by atoms with Crippen LogP contribution in [0.5, 0.6) is 0 Å². The summed E-state index contributed by atoms with van der Waals surface area (Å²) in [6.45, 7) is 0.830. The van der Waals surface area contributed by atoms with E-state index >= 15 is 0 Å². The van der Waals surface area contributed by atoms with Crippen LogP contribution in [0.15, 0.2) is 24.3 Å². The van der Waals surface area contributed by atoms with Crippen LogP contribution in [0.3, 0.4) is 0 Å². The molecule has 0 spiro atoms. The summed E-state index contributed by atoms with van der Waals surface area (Å²) in [6.07, 6.45) is -0.456. The van der Waals surface area contributed by atoms with E-state index in [1.165, 1.54) is 12.1 Å². The summed E-state index contributed by atoms with van der Waals surface area (Å²) in [5.74, 6) is 0.590. The lowest BCUT2D eigenvalue weighted by Gasteiger charge is -2.36. The molecule has 2 unspecified atom stereocenters. The topological polar surface area (TPSA) is 12.0 Å². The predicted octanol–water partition coefficient (Wildman–Crippen LogP) is 3.69. The summed E-state index contributed by atoms with van der Waals surface area (Å²) >= 11 is 0. The van der Waals surface area contributed by atoms with E-state index < -0.39 is 17.3 Å². The van der Waals surface area contributed by atoms with Crippen LogP contribution in [0, 0.1) is 5.92 Å². The molecule has 2 atom stereocenters. The fraction of sp³-hybridized carbons (Fsp3) is 0.571. The van der Waals surface area contributed by atoms with Crippen LogP contribution < -0.4 is 5.32 Å². The van der Waals surface area contributed by atoms with Crippen molar-refractivity contribution in [2.75, 3.05) is 6.54 Å². The van der Waals surface area contributed by atoms with Gasteiger partial charge < -0.3 is 5.32 Å². The van der Waals surface area contributed by atoms with E-state index in [2.05, 4.69) is 5.32 Å². The molecule has 0 amide bonds. The standard InChI is InChI=1S/C14H16F3N/c15-14(16,17)12-4-2-1-3-11(12)13-7-5-10(9-13)6-8-18-13/h1-4,10,18H,5-9H2. The van der Waals surface area contributed by atoms with Crippen LogP contribution >= 0.6 is 0 Å². The lowest BCUT2D eigenvalue weighted by atomic mass is 9.81. The van der Waals surface area contributed by atoms with E-state index in [1.54, 1.807) is 12.1 Å². The van der Waals surface area contributed by atoms with Gasteiger partial charge in [-0.1, -0.05) is 18.2 Å². The number of piperidine rings is 1. The molecule has 1 aliphatic carbocycles. The molecule has 1 heterocycles. The Morgan fingerprint density at radius 3 is 2.72 bits per heavy atom. The van der Waals surface area contributed by atoms with Gasteiger partial charge in [0, 0.05) is 5.54 Å². The predicted molar refractivity (Wildman–Crippen MR) is 63.1 cm³/mol. The third-order valence-electron chi connectivity index (χ3n) is 4.38. The molecule has 4 heteroatoms. The van der Waals surface area contributed by atoms with Crippen molar-refractivity contribution in [3.05, 3.63) is 35.4 Å². The van der Waals surface area contributed by atoms with E-state index in [1.807, 2.05) is 0 Å². The lowest BCUT2D eigenvalue weighted by molar-refractivity contribution is -0.139. The van der Waals surface area contributed by atoms with Gasteiger partial charge in [0.1, 0.15) is 0 Å². The Morgan fingerprint density at radius 1 is 1.17 bits per heavy atom. The van der Waals surface area contributed by atoms with Crippen molar-refractivity contribution in [3.8, 4) is 0 Å². The van der Waals surface area contributed by atoms with Crippen molar-refractivity contribution in [3.63, 3.8) is 0 Å². The number of benzene rings is 1. The largest absolute Gasteiger partial charge is 0.416 e. The van der Waals surface area contributed by atoms with Gasteiger partial charge in [0.05, 0.1) is 5.56 Å². The zero-order chi connectivity index (χ0) is 12.8. The van der Waals surface area contributed by atoms with Gasteiger partial charge in [0.15, 0.2) is 0 Å². The lowest BCUT2D eigenvalue weighted by Crippen LogP contribution is -2.45. The number of halogens is 3. The smallest absolute Gasteiger partial charge is 0.307 e. The first-order chi connectivity index (χ1) is 8.51. The second kappa shape index (κ2) is 3.98. The van der Waals surface area contributed by atoms with Crippen LogP contribution in [0.25, 0.3) is 0 Å². The summed E-state index contributed by atoms with van der Waals surface area (Å²) in [7, 11) is 0. The molecule has 2 fully saturated rings. The number of nitrogens with one attached hydrogen (secondary N) is 1. The van der Waals surface area contributed by atoms with Gasteiger partial charge >= 0.3 is 6.18 Å². The quantitative estimate of drug-likeness (QED) is 0.807. The third-order valence-corrected chi connectivity index (χ3v) is 4.38. The van der Waals surface area contributed by atoms with Crippen LogP contribution in [0.2, 0.25) is 0 Å². The molecular weight excluding hydrogens is 239 g/mol. The molecule has 2 aliphatic rings. The first-order valence-corrected chi connectivity index (χ1v) is 6.43. The molecule has 98 valence electrons. The van der Waals surface area contributed by atoms with Gasteiger partial charge in [-0.2, -0.15) is 13.2 Å². The average Bonchev–Trinajstić information content (AvgIpc) is 2.65. The van der Waals surface area contributed by atoms with Crippen molar-refractivity contribution < 1.29 is 13.2 Å². The van der Waals surface area contributed by atoms with Crippen LogP contribution in [0.4, 0.5) is 13.2 Å². The molecular formula is C14H16F3N. The first kappa shape index (κ1) is 12.0. The van der Waals surface area contributed by atoms with Gasteiger partial charge in [-0.15, -0.1) is 0 Å². The summed E-state index contributed by atoms with van der Waals surface area (Å²) < 4.78 is 39.3. The molecule has 18 heavy (non-hydrogen) atoms. The number of rotatable bonds is 1. The molecule has 1 N–H and O–H groups in total. The molecule has 1 saturated carbocycles.